The van der Waals surface area contributed by atoms with Gasteiger partial charge in [0.05, 0.1) is 12.1 Å². The van der Waals surface area contributed by atoms with Gasteiger partial charge in [-0.15, -0.1) is 5.10 Å². The number of hydrogen-bond donors (Lipinski definition) is 1. The van der Waals surface area contributed by atoms with Crippen LogP contribution in [-0.2, 0) is 22.7 Å². The lowest BCUT2D eigenvalue weighted by Crippen LogP contribution is -2.33. The van der Waals surface area contributed by atoms with Crippen molar-refractivity contribution in [2.45, 2.75) is 25.9 Å². The molecule has 7 nitrogen and oxygen atoms in total. The fourth-order valence-electron chi connectivity index (χ4n) is 3.45. The average Bonchev–Trinajstić information content (AvgIpc) is 3.38. The Bertz CT molecular complexity index is 1210. The SMILES string of the molecule is O=C(Nc1ccc(N(Cc2ccsc2)C(=O)Cn2nnc3ccccc32)cc1)C1CC1. The van der Waals surface area contributed by atoms with Crippen molar-refractivity contribution in [1.82, 2.24) is 15.0 Å². The number of fused-ring (bicyclic) bond motifs is 1. The molecule has 0 unspecified atom stereocenters. The lowest BCUT2D eigenvalue weighted by molar-refractivity contribution is -0.119. The molecule has 0 aliphatic heterocycles. The summed E-state index contributed by atoms with van der Waals surface area (Å²) < 4.78 is 1.63. The van der Waals surface area contributed by atoms with Crippen LogP contribution >= 0.6 is 11.3 Å². The van der Waals surface area contributed by atoms with Gasteiger partial charge in [0.1, 0.15) is 12.1 Å². The van der Waals surface area contributed by atoms with E-state index in [-0.39, 0.29) is 24.3 Å². The molecule has 0 radical (unpaired) electrons. The van der Waals surface area contributed by atoms with E-state index in [0.717, 1.165) is 40.8 Å². The maximum Gasteiger partial charge on any atom is 0.249 e. The quantitative estimate of drug-likeness (QED) is 0.478. The van der Waals surface area contributed by atoms with Gasteiger partial charge in [-0.1, -0.05) is 17.3 Å². The van der Waals surface area contributed by atoms with Crippen molar-refractivity contribution in [3.63, 3.8) is 0 Å². The zero-order valence-corrected chi connectivity index (χ0v) is 17.6. The second kappa shape index (κ2) is 8.31. The first kappa shape index (κ1) is 19.4. The molecule has 2 aromatic heterocycles. The molecule has 1 aliphatic rings. The van der Waals surface area contributed by atoms with E-state index < -0.39 is 0 Å². The van der Waals surface area contributed by atoms with E-state index in [4.69, 9.17) is 0 Å². The number of hydrogen-bond acceptors (Lipinski definition) is 5. The zero-order chi connectivity index (χ0) is 21.2. The Labute approximate surface area is 183 Å². The van der Waals surface area contributed by atoms with E-state index in [2.05, 4.69) is 15.6 Å². The molecule has 1 fully saturated rings. The maximum absolute atomic E-state index is 13.3. The molecule has 31 heavy (non-hydrogen) atoms. The van der Waals surface area contributed by atoms with Gasteiger partial charge in [0.25, 0.3) is 0 Å². The standard InChI is InChI=1S/C23H21N5O2S/c29-22(14-28-21-4-2-1-3-20(21)25-26-28)27(13-16-11-12-31-15-16)19-9-7-18(8-10-19)24-23(30)17-5-6-17/h1-4,7-12,15,17H,5-6,13-14H2,(H,24,30). The predicted molar refractivity (Wildman–Crippen MR) is 121 cm³/mol. The van der Waals surface area contributed by atoms with Crippen LogP contribution in [0.15, 0.2) is 65.4 Å². The molecule has 1 N–H and O–H groups in total. The Balaban J connectivity index is 1.38. The van der Waals surface area contributed by atoms with Gasteiger partial charge < -0.3 is 10.2 Å². The summed E-state index contributed by atoms with van der Waals surface area (Å²) in [5.41, 5.74) is 4.16. The van der Waals surface area contributed by atoms with Crippen LogP contribution in [-0.4, -0.2) is 26.8 Å². The molecule has 8 heteroatoms. The largest absolute Gasteiger partial charge is 0.326 e. The maximum atomic E-state index is 13.3. The number of para-hydroxylation sites is 1. The Morgan fingerprint density at radius 1 is 1.10 bits per heavy atom. The molecular weight excluding hydrogens is 410 g/mol. The third kappa shape index (κ3) is 4.34. The van der Waals surface area contributed by atoms with Gasteiger partial charge in [-0.25, -0.2) is 4.68 Å². The van der Waals surface area contributed by atoms with E-state index in [9.17, 15) is 9.59 Å². The molecule has 0 atom stereocenters. The smallest absolute Gasteiger partial charge is 0.249 e. The highest BCUT2D eigenvalue weighted by molar-refractivity contribution is 7.07. The van der Waals surface area contributed by atoms with Gasteiger partial charge in [0.2, 0.25) is 11.8 Å². The first-order chi connectivity index (χ1) is 15.2. The first-order valence-corrected chi connectivity index (χ1v) is 11.1. The number of carbonyl (C=O) groups excluding carboxylic acids is 2. The zero-order valence-electron chi connectivity index (χ0n) is 16.8. The van der Waals surface area contributed by atoms with Crippen LogP contribution in [0.3, 0.4) is 0 Å². The number of carbonyl (C=O) groups is 2. The second-order valence-electron chi connectivity index (χ2n) is 7.66. The molecule has 156 valence electrons. The molecule has 2 amide bonds. The Kier molecular flexibility index (Phi) is 5.21. The van der Waals surface area contributed by atoms with E-state index in [1.165, 1.54) is 0 Å². The molecule has 1 saturated carbocycles. The van der Waals surface area contributed by atoms with Crippen molar-refractivity contribution in [3.05, 3.63) is 70.9 Å². The first-order valence-electron chi connectivity index (χ1n) is 10.2. The highest BCUT2D eigenvalue weighted by atomic mass is 32.1. The van der Waals surface area contributed by atoms with Crippen LogP contribution < -0.4 is 10.2 Å². The summed E-state index contributed by atoms with van der Waals surface area (Å²) in [5.74, 6) is 0.127. The van der Waals surface area contributed by atoms with Gasteiger partial charge in [-0.05, 0) is 71.6 Å². The molecular formula is C23H21N5O2S. The van der Waals surface area contributed by atoms with Gasteiger partial charge in [-0.3, -0.25) is 9.59 Å². The van der Waals surface area contributed by atoms with Crippen LogP contribution in [0.25, 0.3) is 11.0 Å². The molecule has 1 aliphatic carbocycles. The minimum absolute atomic E-state index is 0.0667. The third-order valence-electron chi connectivity index (χ3n) is 5.32. The van der Waals surface area contributed by atoms with E-state index in [1.54, 1.807) is 20.9 Å². The monoisotopic (exact) mass is 431 g/mol. The van der Waals surface area contributed by atoms with Crippen LogP contribution in [0.2, 0.25) is 0 Å². The number of nitrogens with zero attached hydrogens (tertiary/aromatic N) is 4. The lowest BCUT2D eigenvalue weighted by Gasteiger charge is -2.23. The summed E-state index contributed by atoms with van der Waals surface area (Å²) in [6.45, 7) is 0.549. The van der Waals surface area contributed by atoms with E-state index >= 15 is 0 Å². The fraction of sp³-hybridized carbons (Fsp3) is 0.217. The number of thiophene rings is 1. The molecule has 2 heterocycles. The predicted octanol–water partition coefficient (Wildman–Crippen LogP) is 4.07. The van der Waals surface area contributed by atoms with Gasteiger partial charge in [-0.2, -0.15) is 11.3 Å². The molecule has 0 spiro atoms. The van der Waals surface area contributed by atoms with Crippen LogP contribution in [0.5, 0.6) is 0 Å². The topological polar surface area (TPSA) is 80.1 Å². The highest BCUT2D eigenvalue weighted by Gasteiger charge is 2.29. The van der Waals surface area contributed by atoms with Crippen molar-refractivity contribution in [3.8, 4) is 0 Å². The van der Waals surface area contributed by atoms with Gasteiger partial charge >= 0.3 is 0 Å². The summed E-state index contributed by atoms with van der Waals surface area (Å²) in [4.78, 5) is 27.1. The molecule has 0 bridgehead atoms. The molecule has 5 rings (SSSR count). The number of rotatable bonds is 7. The van der Waals surface area contributed by atoms with Crippen molar-refractivity contribution in [2.75, 3.05) is 10.2 Å². The summed E-state index contributed by atoms with van der Waals surface area (Å²) in [5, 5.41) is 15.3. The van der Waals surface area contributed by atoms with E-state index in [0.29, 0.717) is 6.54 Å². The van der Waals surface area contributed by atoms with Crippen molar-refractivity contribution in [1.29, 1.82) is 0 Å². The summed E-state index contributed by atoms with van der Waals surface area (Å²) in [6.07, 6.45) is 1.92. The normalized spacial score (nSPS) is 13.3. The molecule has 0 saturated heterocycles. The van der Waals surface area contributed by atoms with Crippen LogP contribution in [0, 0.1) is 5.92 Å². The summed E-state index contributed by atoms with van der Waals surface area (Å²) in [7, 11) is 0. The second-order valence-corrected chi connectivity index (χ2v) is 8.44. The number of benzene rings is 2. The number of anilines is 2. The Morgan fingerprint density at radius 2 is 1.90 bits per heavy atom. The van der Waals surface area contributed by atoms with Crippen molar-refractivity contribution >= 4 is 45.6 Å². The van der Waals surface area contributed by atoms with Gasteiger partial charge in [0.15, 0.2) is 0 Å². The summed E-state index contributed by atoms with van der Waals surface area (Å²) >= 11 is 1.60. The van der Waals surface area contributed by atoms with Crippen LogP contribution in [0.4, 0.5) is 11.4 Å². The minimum Gasteiger partial charge on any atom is -0.326 e. The third-order valence-corrected chi connectivity index (χ3v) is 6.05. The van der Waals surface area contributed by atoms with Crippen molar-refractivity contribution in [2.24, 2.45) is 5.92 Å². The van der Waals surface area contributed by atoms with Crippen LogP contribution in [0.1, 0.15) is 18.4 Å². The highest BCUT2D eigenvalue weighted by Crippen LogP contribution is 2.30. The average molecular weight is 432 g/mol. The Hall–Kier alpha value is -3.52. The number of amides is 2. The molecule has 2 aromatic carbocycles. The summed E-state index contributed by atoms with van der Waals surface area (Å²) in [6, 6.07) is 17.0. The fourth-order valence-corrected chi connectivity index (χ4v) is 4.11. The molecule has 4 aromatic rings. The number of aromatic nitrogens is 3. The number of nitrogens with one attached hydrogen (secondary N) is 1. The van der Waals surface area contributed by atoms with E-state index in [1.807, 2.05) is 65.4 Å². The lowest BCUT2D eigenvalue weighted by atomic mass is 10.2. The van der Waals surface area contributed by atoms with Gasteiger partial charge in [0, 0.05) is 17.3 Å². The Morgan fingerprint density at radius 3 is 2.65 bits per heavy atom. The van der Waals surface area contributed by atoms with Crippen molar-refractivity contribution < 1.29 is 9.59 Å². The minimum atomic E-state index is -0.0865.